The second-order valence-electron chi connectivity index (χ2n) is 5.28. The Morgan fingerprint density at radius 3 is 2.47 bits per heavy atom. The molecule has 0 bridgehead atoms. The van der Waals surface area contributed by atoms with Crippen molar-refractivity contribution in [3.63, 3.8) is 0 Å². The van der Waals surface area contributed by atoms with Crippen LogP contribution in [0.2, 0.25) is 0 Å². The summed E-state index contributed by atoms with van der Waals surface area (Å²) in [5.41, 5.74) is 6.25. The Labute approximate surface area is 113 Å². The fourth-order valence-electron chi connectivity index (χ4n) is 2.22. The molecule has 2 N–H and O–H groups in total. The maximum atomic E-state index is 12.3. The summed E-state index contributed by atoms with van der Waals surface area (Å²) in [5.74, 6) is 0.392. The molecule has 19 heavy (non-hydrogen) atoms. The number of carbonyl (C=O) groups excluding carboxylic acids is 2. The number of benzene rings is 1. The van der Waals surface area contributed by atoms with Crippen molar-refractivity contribution in [3.05, 3.63) is 35.9 Å². The van der Waals surface area contributed by atoms with Gasteiger partial charge >= 0.3 is 0 Å². The van der Waals surface area contributed by atoms with Gasteiger partial charge in [0.15, 0.2) is 0 Å². The van der Waals surface area contributed by atoms with Gasteiger partial charge in [0.05, 0.1) is 0 Å². The van der Waals surface area contributed by atoms with Crippen LogP contribution in [-0.2, 0) is 16.1 Å². The molecule has 1 fully saturated rings. The zero-order chi connectivity index (χ0) is 13.8. The second-order valence-corrected chi connectivity index (χ2v) is 5.28. The molecule has 4 heteroatoms. The predicted molar refractivity (Wildman–Crippen MR) is 72.9 cm³/mol. The number of nitrogens with zero attached hydrogens (tertiary/aromatic N) is 1. The van der Waals surface area contributed by atoms with Gasteiger partial charge < -0.3 is 10.6 Å². The van der Waals surface area contributed by atoms with Gasteiger partial charge in [-0.3, -0.25) is 9.59 Å². The van der Waals surface area contributed by atoms with Crippen LogP contribution in [0.15, 0.2) is 30.3 Å². The van der Waals surface area contributed by atoms with Crippen molar-refractivity contribution >= 4 is 11.8 Å². The van der Waals surface area contributed by atoms with Gasteiger partial charge in [0.2, 0.25) is 11.8 Å². The van der Waals surface area contributed by atoms with E-state index in [9.17, 15) is 9.59 Å². The van der Waals surface area contributed by atoms with Crippen LogP contribution in [0, 0.1) is 11.8 Å². The molecule has 1 saturated carbocycles. The summed E-state index contributed by atoms with van der Waals surface area (Å²) in [6.45, 7) is 3.04. The monoisotopic (exact) mass is 260 g/mol. The fraction of sp³-hybridized carbons (Fsp3) is 0.467. The molecule has 1 aromatic carbocycles. The molecule has 0 spiro atoms. The van der Waals surface area contributed by atoms with Crippen LogP contribution in [0.25, 0.3) is 0 Å². The number of primary amides is 1. The fourth-order valence-corrected chi connectivity index (χ4v) is 2.22. The van der Waals surface area contributed by atoms with Crippen LogP contribution in [0.5, 0.6) is 0 Å². The van der Waals surface area contributed by atoms with Gasteiger partial charge in [-0.2, -0.15) is 0 Å². The molecule has 2 amide bonds. The van der Waals surface area contributed by atoms with E-state index >= 15 is 0 Å². The van der Waals surface area contributed by atoms with E-state index in [2.05, 4.69) is 6.92 Å². The lowest BCUT2D eigenvalue weighted by atomic mass is 10.2. The van der Waals surface area contributed by atoms with Crippen LogP contribution >= 0.6 is 0 Å². The van der Waals surface area contributed by atoms with Crippen LogP contribution < -0.4 is 5.73 Å². The molecule has 2 rings (SSSR count). The molecule has 102 valence electrons. The zero-order valence-corrected chi connectivity index (χ0v) is 11.2. The minimum atomic E-state index is -0.366. The standard InChI is InChI=1S/C15H20N2O2/c1-11-9-13(11)15(19)17(8-7-14(16)18)10-12-5-3-2-4-6-12/h2-6,11,13H,7-10H2,1H3,(H2,16,18)/t11-,13+/m1/s1. The first-order valence-corrected chi connectivity index (χ1v) is 6.69. The van der Waals surface area contributed by atoms with E-state index in [0.29, 0.717) is 19.0 Å². The first kappa shape index (κ1) is 13.6. The number of rotatable bonds is 6. The molecule has 1 aliphatic rings. The van der Waals surface area contributed by atoms with Gasteiger partial charge in [-0.15, -0.1) is 0 Å². The highest BCUT2D eigenvalue weighted by Crippen LogP contribution is 2.39. The highest BCUT2D eigenvalue weighted by molar-refractivity contribution is 5.82. The first-order valence-electron chi connectivity index (χ1n) is 6.69. The molecular formula is C15H20N2O2. The van der Waals surface area contributed by atoms with Gasteiger partial charge in [0.1, 0.15) is 0 Å². The number of hydrogen-bond donors (Lipinski definition) is 1. The summed E-state index contributed by atoms with van der Waals surface area (Å²) in [4.78, 5) is 25.0. The Kier molecular flexibility index (Phi) is 4.20. The SMILES string of the molecule is C[C@@H]1C[C@@H]1C(=O)N(CCC(N)=O)Cc1ccccc1. The minimum absolute atomic E-state index is 0.136. The summed E-state index contributed by atoms with van der Waals surface area (Å²) in [5, 5.41) is 0. The molecule has 1 aromatic rings. The first-order chi connectivity index (χ1) is 9.08. The molecule has 0 heterocycles. The largest absolute Gasteiger partial charge is 0.370 e. The lowest BCUT2D eigenvalue weighted by Gasteiger charge is -2.22. The summed E-state index contributed by atoms with van der Waals surface area (Å²) in [6, 6.07) is 9.82. The topological polar surface area (TPSA) is 63.4 Å². The summed E-state index contributed by atoms with van der Waals surface area (Å²) in [6.07, 6.45) is 1.18. The maximum Gasteiger partial charge on any atom is 0.226 e. The number of hydrogen-bond acceptors (Lipinski definition) is 2. The third kappa shape index (κ3) is 3.81. The van der Waals surface area contributed by atoms with Crippen molar-refractivity contribution in [1.82, 2.24) is 4.90 Å². The quantitative estimate of drug-likeness (QED) is 0.843. The van der Waals surface area contributed by atoms with E-state index in [0.717, 1.165) is 12.0 Å². The highest BCUT2D eigenvalue weighted by atomic mass is 16.2. The third-order valence-electron chi connectivity index (χ3n) is 3.58. The molecule has 2 atom stereocenters. The van der Waals surface area contributed by atoms with Crippen molar-refractivity contribution in [2.45, 2.75) is 26.3 Å². The van der Waals surface area contributed by atoms with Gasteiger partial charge in [0.25, 0.3) is 0 Å². The third-order valence-corrected chi connectivity index (χ3v) is 3.58. The molecule has 1 aliphatic carbocycles. The Morgan fingerprint density at radius 2 is 1.95 bits per heavy atom. The maximum absolute atomic E-state index is 12.3. The van der Waals surface area contributed by atoms with Crippen molar-refractivity contribution in [2.75, 3.05) is 6.54 Å². The van der Waals surface area contributed by atoms with E-state index in [1.165, 1.54) is 0 Å². The number of carbonyl (C=O) groups is 2. The molecular weight excluding hydrogens is 240 g/mol. The lowest BCUT2D eigenvalue weighted by Crippen LogP contribution is -2.35. The highest BCUT2D eigenvalue weighted by Gasteiger charge is 2.41. The summed E-state index contributed by atoms with van der Waals surface area (Å²) >= 11 is 0. The Bertz CT molecular complexity index is 458. The van der Waals surface area contributed by atoms with Gasteiger partial charge in [-0.05, 0) is 17.9 Å². The van der Waals surface area contributed by atoms with Gasteiger partial charge in [0, 0.05) is 25.4 Å². The van der Waals surface area contributed by atoms with Gasteiger partial charge in [-0.25, -0.2) is 0 Å². The smallest absolute Gasteiger partial charge is 0.226 e. The van der Waals surface area contributed by atoms with Crippen LogP contribution in [0.3, 0.4) is 0 Å². The van der Waals surface area contributed by atoms with E-state index < -0.39 is 0 Å². The summed E-state index contributed by atoms with van der Waals surface area (Å²) < 4.78 is 0. The van der Waals surface area contributed by atoms with Crippen LogP contribution in [0.1, 0.15) is 25.3 Å². The van der Waals surface area contributed by atoms with E-state index in [-0.39, 0.29) is 24.2 Å². The molecule has 0 radical (unpaired) electrons. The minimum Gasteiger partial charge on any atom is -0.370 e. The average Bonchev–Trinajstić information content (AvgIpc) is 3.12. The lowest BCUT2D eigenvalue weighted by molar-refractivity contribution is -0.134. The van der Waals surface area contributed by atoms with Crippen LogP contribution in [0.4, 0.5) is 0 Å². The average molecular weight is 260 g/mol. The van der Waals surface area contributed by atoms with Crippen molar-refractivity contribution in [3.8, 4) is 0 Å². The number of amides is 2. The number of nitrogens with two attached hydrogens (primary N) is 1. The zero-order valence-electron chi connectivity index (χ0n) is 11.2. The van der Waals surface area contributed by atoms with Crippen molar-refractivity contribution < 1.29 is 9.59 Å². The Morgan fingerprint density at radius 1 is 1.32 bits per heavy atom. The van der Waals surface area contributed by atoms with Crippen LogP contribution in [-0.4, -0.2) is 23.3 Å². The van der Waals surface area contributed by atoms with Crippen molar-refractivity contribution in [2.24, 2.45) is 17.6 Å². The normalized spacial score (nSPS) is 20.9. The molecule has 0 saturated heterocycles. The summed E-state index contributed by atoms with van der Waals surface area (Å²) in [7, 11) is 0. The molecule has 0 aliphatic heterocycles. The second kappa shape index (κ2) is 5.87. The molecule has 0 aromatic heterocycles. The molecule has 0 unspecified atom stereocenters. The Hall–Kier alpha value is -1.84. The van der Waals surface area contributed by atoms with Gasteiger partial charge in [-0.1, -0.05) is 37.3 Å². The van der Waals surface area contributed by atoms with E-state index in [4.69, 9.17) is 5.73 Å². The van der Waals surface area contributed by atoms with E-state index in [1.54, 1.807) is 4.90 Å². The Balaban J connectivity index is 2.01. The predicted octanol–water partition coefficient (Wildman–Crippen LogP) is 1.55. The van der Waals surface area contributed by atoms with Crippen molar-refractivity contribution in [1.29, 1.82) is 0 Å². The molecule has 4 nitrogen and oxygen atoms in total. The van der Waals surface area contributed by atoms with E-state index in [1.807, 2.05) is 30.3 Å².